The van der Waals surface area contributed by atoms with Gasteiger partial charge in [0.2, 0.25) is 0 Å². The fraction of sp³-hybridized carbons (Fsp3) is 0.107. The summed E-state index contributed by atoms with van der Waals surface area (Å²) in [5, 5.41) is 7.11. The highest BCUT2D eigenvalue weighted by Gasteiger charge is 2.23. The molecule has 0 aliphatic rings. The van der Waals surface area contributed by atoms with Crippen molar-refractivity contribution in [3.05, 3.63) is 113 Å². The van der Waals surface area contributed by atoms with Gasteiger partial charge >= 0.3 is 0 Å². The monoisotopic (exact) mass is 517 g/mol. The maximum absolute atomic E-state index is 14.0. The van der Waals surface area contributed by atoms with Crippen molar-refractivity contribution < 1.29 is 4.79 Å². The lowest BCUT2D eigenvalue weighted by Gasteiger charge is -2.21. The fourth-order valence-corrected chi connectivity index (χ4v) is 4.54. The quantitative estimate of drug-likeness (QED) is 0.345. The van der Waals surface area contributed by atoms with E-state index in [-0.39, 0.29) is 16.9 Å². The van der Waals surface area contributed by atoms with Gasteiger partial charge in [-0.15, -0.1) is 0 Å². The van der Waals surface area contributed by atoms with E-state index in [1.165, 1.54) is 6.33 Å². The SMILES string of the molecule is C[C@H](NC(=O)c1c(N)ncn2ccnc12)c1cn2ccc(C#Cc3cnn(C)c3)c2c(=O)n1-c1ccccc1. The maximum atomic E-state index is 14.0. The highest BCUT2D eigenvalue weighted by atomic mass is 16.2. The Bertz CT molecular complexity index is 1980. The molecular weight excluding hydrogens is 494 g/mol. The molecule has 0 unspecified atom stereocenters. The minimum absolute atomic E-state index is 0.0662. The Morgan fingerprint density at radius 3 is 2.64 bits per heavy atom. The summed E-state index contributed by atoms with van der Waals surface area (Å²) >= 11 is 0. The molecule has 11 heteroatoms. The summed E-state index contributed by atoms with van der Waals surface area (Å²) in [7, 11) is 1.82. The minimum atomic E-state index is -0.586. The Labute approximate surface area is 222 Å². The average molecular weight is 518 g/mol. The molecule has 0 saturated heterocycles. The highest BCUT2D eigenvalue weighted by Crippen LogP contribution is 2.21. The topological polar surface area (TPSA) is 130 Å². The van der Waals surface area contributed by atoms with Crippen molar-refractivity contribution >= 4 is 22.9 Å². The van der Waals surface area contributed by atoms with Crippen molar-refractivity contribution in [1.82, 2.24) is 38.4 Å². The number of nitrogens with zero attached hydrogens (tertiary/aromatic N) is 7. The zero-order valence-corrected chi connectivity index (χ0v) is 21.1. The van der Waals surface area contributed by atoms with Crippen LogP contribution >= 0.6 is 0 Å². The molecule has 39 heavy (non-hydrogen) atoms. The number of imidazole rings is 1. The number of carbonyl (C=O) groups excluding carboxylic acids is 1. The second-order valence-electron chi connectivity index (χ2n) is 9.03. The fourth-order valence-electron chi connectivity index (χ4n) is 4.54. The van der Waals surface area contributed by atoms with Crippen LogP contribution < -0.4 is 16.6 Å². The van der Waals surface area contributed by atoms with E-state index in [9.17, 15) is 9.59 Å². The predicted octanol–water partition coefficient (Wildman–Crippen LogP) is 2.34. The third-order valence-corrected chi connectivity index (χ3v) is 6.40. The number of aromatic nitrogens is 7. The third-order valence-electron chi connectivity index (χ3n) is 6.40. The van der Waals surface area contributed by atoms with E-state index < -0.39 is 11.9 Å². The van der Waals surface area contributed by atoms with Crippen LogP contribution in [0, 0.1) is 11.8 Å². The lowest BCUT2D eigenvalue weighted by Crippen LogP contribution is -2.33. The number of rotatable bonds is 4. The second-order valence-corrected chi connectivity index (χ2v) is 9.03. The Balaban J connectivity index is 1.46. The number of benzene rings is 1. The predicted molar refractivity (Wildman–Crippen MR) is 145 cm³/mol. The van der Waals surface area contributed by atoms with Gasteiger partial charge in [-0.3, -0.25) is 23.2 Å². The number of aryl methyl sites for hydroxylation is 1. The number of nitrogens with two attached hydrogens (primary N) is 1. The van der Waals surface area contributed by atoms with Crippen LogP contribution in [0.4, 0.5) is 5.82 Å². The van der Waals surface area contributed by atoms with E-state index in [0.717, 1.165) is 5.56 Å². The molecule has 3 N–H and O–H groups in total. The summed E-state index contributed by atoms with van der Waals surface area (Å²) < 4.78 is 6.62. The molecule has 11 nitrogen and oxygen atoms in total. The van der Waals surface area contributed by atoms with Gasteiger partial charge in [0, 0.05) is 43.7 Å². The van der Waals surface area contributed by atoms with Crippen molar-refractivity contribution in [3.8, 4) is 17.5 Å². The molecule has 0 fully saturated rings. The molecule has 1 atom stereocenters. The Morgan fingerprint density at radius 2 is 1.87 bits per heavy atom. The van der Waals surface area contributed by atoms with E-state index in [0.29, 0.717) is 28.1 Å². The molecule has 192 valence electrons. The summed E-state index contributed by atoms with van der Waals surface area (Å²) in [5.41, 5.74) is 9.32. The molecule has 0 spiro atoms. The lowest BCUT2D eigenvalue weighted by molar-refractivity contribution is 0.0940. The van der Waals surface area contributed by atoms with E-state index in [1.54, 1.807) is 55.8 Å². The van der Waals surface area contributed by atoms with E-state index >= 15 is 0 Å². The molecule has 5 aromatic heterocycles. The van der Waals surface area contributed by atoms with Crippen molar-refractivity contribution in [2.24, 2.45) is 7.05 Å². The number of hydrogen-bond acceptors (Lipinski definition) is 6. The van der Waals surface area contributed by atoms with Gasteiger partial charge in [0.15, 0.2) is 5.65 Å². The zero-order chi connectivity index (χ0) is 27.1. The van der Waals surface area contributed by atoms with Crippen molar-refractivity contribution in [2.45, 2.75) is 13.0 Å². The molecule has 0 saturated carbocycles. The summed E-state index contributed by atoms with van der Waals surface area (Å²) in [5.74, 6) is 5.79. The van der Waals surface area contributed by atoms with Crippen LogP contribution in [-0.4, -0.2) is 39.0 Å². The first-order chi connectivity index (χ1) is 18.9. The van der Waals surface area contributed by atoms with Crippen LogP contribution in [0.25, 0.3) is 16.9 Å². The normalized spacial score (nSPS) is 11.8. The molecule has 1 aromatic carbocycles. The molecule has 1 amide bonds. The molecule has 5 heterocycles. The van der Waals surface area contributed by atoms with Crippen molar-refractivity contribution in [1.29, 1.82) is 0 Å². The summed E-state index contributed by atoms with van der Waals surface area (Å²) in [6.07, 6.45) is 11.8. The Kier molecular flexibility index (Phi) is 5.69. The summed E-state index contributed by atoms with van der Waals surface area (Å²) in [6.45, 7) is 1.81. The smallest absolute Gasteiger partial charge is 0.280 e. The zero-order valence-electron chi connectivity index (χ0n) is 21.1. The van der Waals surface area contributed by atoms with Crippen molar-refractivity contribution in [3.63, 3.8) is 0 Å². The van der Waals surface area contributed by atoms with Crippen LogP contribution in [0.3, 0.4) is 0 Å². The van der Waals surface area contributed by atoms with Crippen LogP contribution in [0.2, 0.25) is 0 Å². The van der Waals surface area contributed by atoms with Crippen LogP contribution in [0.15, 0.2) is 84.7 Å². The standard InChI is InChI=1S/C28H23N9O2/c1-18(33-27(38)23-25(29)31-17-36-13-11-30-26(23)36)22-16-35-12-10-20(9-8-19-14-32-34(2)15-19)24(35)28(39)37(22)21-6-4-3-5-7-21/h3-7,10-18H,29H2,1-2H3,(H,33,38)/t18-/m0/s1. The molecule has 6 aromatic rings. The number of fused-ring (bicyclic) bond motifs is 2. The van der Waals surface area contributed by atoms with Gasteiger partial charge in [0.1, 0.15) is 23.2 Å². The van der Waals surface area contributed by atoms with Gasteiger partial charge in [0.25, 0.3) is 11.5 Å². The first-order valence-electron chi connectivity index (χ1n) is 12.1. The number of para-hydroxylation sites is 1. The molecule has 0 aliphatic heterocycles. The first kappa shape index (κ1) is 23.7. The van der Waals surface area contributed by atoms with Crippen LogP contribution in [0.5, 0.6) is 0 Å². The maximum Gasteiger partial charge on any atom is 0.280 e. The highest BCUT2D eigenvalue weighted by molar-refractivity contribution is 6.04. The largest absolute Gasteiger partial charge is 0.383 e. The Morgan fingerprint density at radius 1 is 1.05 bits per heavy atom. The van der Waals surface area contributed by atoms with Gasteiger partial charge in [-0.25, -0.2) is 9.97 Å². The molecular formula is C28H23N9O2. The summed E-state index contributed by atoms with van der Waals surface area (Å²) in [4.78, 5) is 35.7. The lowest BCUT2D eigenvalue weighted by atomic mass is 10.1. The average Bonchev–Trinajstić information content (AvgIpc) is 3.67. The molecule has 0 aliphatic carbocycles. The Hall–Kier alpha value is -5.63. The van der Waals surface area contributed by atoms with Gasteiger partial charge in [-0.05, 0) is 25.1 Å². The van der Waals surface area contributed by atoms with Gasteiger partial charge in [0.05, 0.1) is 29.1 Å². The van der Waals surface area contributed by atoms with E-state index in [1.807, 2.05) is 49.8 Å². The minimum Gasteiger partial charge on any atom is -0.383 e. The van der Waals surface area contributed by atoms with E-state index in [2.05, 4.69) is 32.2 Å². The first-order valence-corrected chi connectivity index (χ1v) is 12.1. The molecule has 0 radical (unpaired) electrons. The van der Waals surface area contributed by atoms with Crippen LogP contribution in [-0.2, 0) is 7.05 Å². The number of amides is 1. The number of carbonyl (C=O) groups is 1. The number of nitrogens with one attached hydrogen (secondary N) is 1. The van der Waals surface area contributed by atoms with Crippen LogP contribution in [0.1, 0.15) is 40.1 Å². The van der Waals surface area contributed by atoms with Gasteiger partial charge in [-0.2, -0.15) is 5.10 Å². The third kappa shape index (κ3) is 4.19. The number of anilines is 1. The van der Waals surface area contributed by atoms with Gasteiger partial charge < -0.3 is 15.5 Å². The van der Waals surface area contributed by atoms with Gasteiger partial charge in [-0.1, -0.05) is 30.0 Å². The number of nitrogen functional groups attached to an aromatic ring is 1. The van der Waals surface area contributed by atoms with E-state index in [4.69, 9.17) is 5.73 Å². The molecule has 6 rings (SSSR count). The second kappa shape index (κ2) is 9.35. The summed E-state index contributed by atoms with van der Waals surface area (Å²) in [6, 6.07) is 10.5. The number of hydrogen-bond donors (Lipinski definition) is 2. The molecule has 0 bridgehead atoms. The van der Waals surface area contributed by atoms with Crippen molar-refractivity contribution in [2.75, 3.05) is 5.73 Å².